The number of aliphatic hydroxyl groups excluding tert-OH is 1. The van der Waals surface area contributed by atoms with Crippen molar-refractivity contribution in [3.8, 4) is 23.0 Å². The first-order valence-corrected chi connectivity index (χ1v) is 9.53. The van der Waals surface area contributed by atoms with E-state index in [1.165, 1.54) is 14.2 Å². The number of aliphatic hydroxyl groups is 1. The number of amides is 1. The summed E-state index contributed by atoms with van der Waals surface area (Å²) in [6.07, 6.45) is -1.80. The van der Waals surface area contributed by atoms with Gasteiger partial charge in [-0.2, -0.15) is 0 Å². The molecule has 7 nitrogen and oxygen atoms in total. The average Bonchev–Trinajstić information content (AvgIpc) is 2.73. The van der Waals surface area contributed by atoms with Crippen molar-refractivity contribution in [1.29, 1.82) is 0 Å². The zero-order valence-corrected chi connectivity index (χ0v) is 17.8. The van der Waals surface area contributed by atoms with Crippen LogP contribution in [0.3, 0.4) is 0 Å². The lowest BCUT2D eigenvalue weighted by Crippen LogP contribution is -2.41. The number of benzene rings is 2. The molecule has 2 atom stereocenters. The summed E-state index contributed by atoms with van der Waals surface area (Å²) in [7, 11) is 3.01. The Balaban J connectivity index is 1.85. The predicted octanol–water partition coefficient (Wildman–Crippen LogP) is 3.33. The number of carbonyl (C=O) groups excluding carboxylic acids is 1. The van der Waals surface area contributed by atoms with E-state index in [1.807, 2.05) is 0 Å². The number of halogens is 2. The van der Waals surface area contributed by atoms with Crippen LogP contribution in [0, 0.1) is 0 Å². The molecular formula is C20H23Cl2NO6. The van der Waals surface area contributed by atoms with E-state index in [0.717, 1.165) is 0 Å². The minimum atomic E-state index is -0.962. The fraction of sp³-hybridized carbons (Fsp3) is 0.350. The van der Waals surface area contributed by atoms with E-state index in [-0.39, 0.29) is 18.2 Å². The van der Waals surface area contributed by atoms with Gasteiger partial charge in [0.05, 0.1) is 19.2 Å². The van der Waals surface area contributed by atoms with Gasteiger partial charge in [0, 0.05) is 6.54 Å². The van der Waals surface area contributed by atoms with Gasteiger partial charge in [-0.1, -0.05) is 35.3 Å². The number of ether oxygens (including phenoxy) is 4. The molecular weight excluding hydrogens is 421 g/mol. The van der Waals surface area contributed by atoms with E-state index in [9.17, 15) is 9.90 Å². The van der Waals surface area contributed by atoms with Crippen LogP contribution in [0.1, 0.15) is 6.92 Å². The van der Waals surface area contributed by atoms with E-state index < -0.39 is 18.1 Å². The lowest BCUT2D eigenvalue weighted by atomic mass is 10.3. The molecule has 0 bridgehead atoms. The lowest BCUT2D eigenvalue weighted by Gasteiger charge is -2.19. The highest BCUT2D eigenvalue weighted by molar-refractivity contribution is 6.42. The highest BCUT2D eigenvalue weighted by Crippen LogP contribution is 2.36. The highest BCUT2D eigenvalue weighted by atomic mass is 35.5. The second-order valence-corrected chi connectivity index (χ2v) is 6.80. The average molecular weight is 444 g/mol. The molecule has 0 aliphatic carbocycles. The number of hydrogen-bond donors (Lipinski definition) is 2. The van der Waals surface area contributed by atoms with Crippen LogP contribution in [0.4, 0.5) is 0 Å². The summed E-state index contributed by atoms with van der Waals surface area (Å²) in [6.45, 7) is 1.45. The Labute approximate surface area is 179 Å². The Bertz CT molecular complexity index is 810. The van der Waals surface area contributed by atoms with Gasteiger partial charge in [0.25, 0.3) is 5.91 Å². The number of rotatable bonds is 10. The van der Waals surface area contributed by atoms with Crippen LogP contribution in [-0.4, -0.2) is 50.6 Å². The molecule has 0 saturated carbocycles. The first kappa shape index (κ1) is 22.9. The molecule has 0 aliphatic heterocycles. The Hall–Kier alpha value is -2.35. The van der Waals surface area contributed by atoms with Crippen LogP contribution in [0.15, 0.2) is 36.4 Å². The SMILES string of the molecule is COc1cccc(OC)c1OCC(O)CNC(=O)C(C)Oc1cccc(Cl)c1Cl. The summed E-state index contributed by atoms with van der Waals surface area (Å²) >= 11 is 12.0. The molecule has 0 heterocycles. The summed E-state index contributed by atoms with van der Waals surface area (Å²) < 4.78 is 21.6. The first-order chi connectivity index (χ1) is 13.9. The van der Waals surface area contributed by atoms with Crippen molar-refractivity contribution >= 4 is 29.1 Å². The van der Waals surface area contributed by atoms with Crippen molar-refractivity contribution in [2.75, 3.05) is 27.4 Å². The molecule has 1 amide bonds. The Morgan fingerprint density at radius 3 is 2.28 bits per heavy atom. The molecule has 0 saturated heterocycles. The van der Waals surface area contributed by atoms with Gasteiger partial charge in [-0.05, 0) is 31.2 Å². The topological polar surface area (TPSA) is 86.3 Å². The van der Waals surface area contributed by atoms with Crippen LogP contribution in [0.25, 0.3) is 0 Å². The summed E-state index contributed by atoms with van der Waals surface area (Å²) in [5, 5.41) is 13.3. The molecule has 0 spiro atoms. The monoisotopic (exact) mass is 443 g/mol. The van der Waals surface area contributed by atoms with Gasteiger partial charge in [0.15, 0.2) is 17.6 Å². The molecule has 0 aromatic heterocycles. The smallest absolute Gasteiger partial charge is 0.260 e. The number of para-hydroxylation sites is 1. The summed E-state index contributed by atoms with van der Waals surface area (Å²) in [4.78, 5) is 12.2. The van der Waals surface area contributed by atoms with Gasteiger partial charge < -0.3 is 29.4 Å². The van der Waals surface area contributed by atoms with Crippen molar-refractivity contribution in [2.45, 2.75) is 19.1 Å². The minimum Gasteiger partial charge on any atom is -0.493 e. The molecule has 9 heteroatoms. The Kier molecular flexibility index (Phi) is 8.70. The van der Waals surface area contributed by atoms with Crippen LogP contribution >= 0.6 is 23.2 Å². The van der Waals surface area contributed by atoms with Crippen molar-refractivity contribution in [3.63, 3.8) is 0 Å². The number of hydrogen-bond acceptors (Lipinski definition) is 6. The zero-order chi connectivity index (χ0) is 21.4. The second kappa shape index (κ2) is 11.0. The molecule has 2 rings (SSSR count). The zero-order valence-electron chi connectivity index (χ0n) is 16.3. The van der Waals surface area contributed by atoms with Crippen LogP contribution < -0.4 is 24.3 Å². The first-order valence-electron chi connectivity index (χ1n) is 8.77. The Morgan fingerprint density at radius 2 is 1.66 bits per heavy atom. The fourth-order valence-corrected chi connectivity index (χ4v) is 2.72. The standard InChI is InChI=1S/C20H23Cl2NO6/c1-12(29-15-7-4-6-14(21)18(15)22)20(25)23-10-13(24)11-28-19-16(26-2)8-5-9-17(19)27-3/h4-9,12-13,24H,10-11H2,1-3H3,(H,23,25). The van der Waals surface area contributed by atoms with E-state index in [0.29, 0.717) is 28.0 Å². The summed E-state index contributed by atoms with van der Waals surface area (Å²) in [6, 6.07) is 10.1. The molecule has 0 radical (unpaired) electrons. The molecule has 2 N–H and O–H groups in total. The predicted molar refractivity (Wildman–Crippen MR) is 111 cm³/mol. The van der Waals surface area contributed by atoms with Crippen LogP contribution in [-0.2, 0) is 4.79 Å². The van der Waals surface area contributed by atoms with Crippen LogP contribution in [0.2, 0.25) is 10.0 Å². The van der Waals surface area contributed by atoms with Gasteiger partial charge >= 0.3 is 0 Å². The maximum absolute atomic E-state index is 12.2. The number of nitrogens with one attached hydrogen (secondary N) is 1. The van der Waals surface area contributed by atoms with E-state index in [4.69, 9.17) is 42.1 Å². The van der Waals surface area contributed by atoms with Gasteiger partial charge in [-0.3, -0.25) is 4.79 Å². The maximum Gasteiger partial charge on any atom is 0.260 e. The molecule has 2 unspecified atom stereocenters. The van der Waals surface area contributed by atoms with Crippen molar-refractivity contribution < 1.29 is 28.8 Å². The number of methoxy groups -OCH3 is 2. The van der Waals surface area contributed by atoms with Gasteiger partial charge in [-0.25, -0.2) is 0 Å². The van der Waals surface area contributed by atoms with Crippen molar-refractivity contribution in [2.24, 2.45) is 0 Å². The fourth-order valence-electron chi connectivity index (χ4n) is 2.38. The molecule has 29 heavy (non-hydrogen) atoms. The van der Waals surface area contributed by atoms with Gasteiger partial charge in [0.2, 0.25) is 5.75 Å². The second-order valence-electron chi connectivity index (χ2n) is 6.01. The van der Waals surface area contributed by atoms with Gasteiger partial charge in [0.1, 0.15) is 23.5 Å². The highest BCUT2D eigenvalue weighted by Gasteiger charge is 2.19. The van der Waals surface area contributed by atoms with Crippen molar-refractivity contribution in [1.82, 2.24) is 5.32 Å². The minimum absolute atomic E-state index is 0.0344. The molecule has 2 aromatic carbocycles. The molecule has 2 aromatic rings. The third kappa shape index (κ3) is 6.32. The summed E-state index contributed by atoms with van der Waals surface area (Å²) in [5.74, 6) is 1.20. The van der Waals surface area contributed by atoms with E-state index in [1.54, 1.807) is 43.3 Å². The van der Waals surface area contributed by atoms with E-state index >= 15 is 0 Å². The largest absolute Gasteiger partial charge is 0.493 e. The molecule has 0 aliphatic rings. The Morgan fingerprint density at radius 1 is 1.07 bits per heavy atom. The van der Waals surface area contributed by atoms with E-state index in [2.05, 4.69) is 5.32 Å². The maximum atomic E-state index is 12.2. The third-order valence-electron chi connectivity index (χ3n) is 3.90. The summed E-state index contributed by atoms with van der Waals surface area (Å²) in [5.41, 5.74) is 0. The van der Waals surface area contributed by atoms with Gasteiger partial charge in [-0.15, -0.1) is 0 Å². The quantitative estimate of drug-likeness (QED) is 0.585. The van der Waals surface area contributed by atoms with Crippen molar-refractivity contribution in [3.05, 3.63) is 46.4 Å². The molecule has 158 valence electrons. The third-order valence-corrected chi connectivity index (χ3v) is 4.71. The molecule has 0 fully saturated rings. The van der Waals surface area contributed by atoms with Crippen LogP contribution in [0.5, 0.6) is 23.0 Å². The lowest BCUT2D eigenvalue weighted by molar-refractivity contribution is -0.127. The number of carbonyl (C=O) groups is 1. The normalized spacial score (nSPS) is 12.6.